The predicted molar refractivity (Wildman–Crippen MR) is 131 cm³/mol. The number of oxazole rings is 1. The number of para-hydroxylation sites is 1. The number of rotatable bonds is 7. The number of benzene rings is 1. The fourth-order valence-corrected chi connectivity index (χ4v) is 4.11. The van der Waals surface area contributed by atoms with E-state index in [1.165, 1.54) is 6.20 Å². The van der Waals surface area contributed by atoms with Crippen molar-refractivity contribution >= 4 is 27.9 Å². The van der Waals surface area contributed by atoms with Crippen molar-refractivity contribution in [2.24, 2.45) is 11.5 Å². The van der Waals surface area contributed by atoms with E-state index in [0.717, 1.165) is 42.8 Å². The van der Waals surface area contributed by atoms with Crippen molar-refractivity contribution in [3.05, 3.63) is 66.1 Å². The zero-order valence-electron chi connectivity index (χ0n) is 19.1. The van der Waals surface area contributed by atoms with Crippen LogP contribution in [0.3, 0.4) is 0 Å². The fourth-order valence-electron chi connectivity index (χ4n) is 4.11. The second-order valence-electron chi connectivity index (χ2n) is 8.36. The van der Waals surface area contributed by atoms with Gasteiger partial charge in [0, 0.05) is 36.3 Å². The van der Waals surface area contributed by atoms with E-state index < -0.39 is 0 Å². The molecular weight excluding hydrogens is 418 g/mol. The average molecular weight is 450 g/mol. The molecule has 1 aliphatic heterocycles. The quantitative estimate of drug-likeness (QED) is 0.370. The van der Waals surface area contributed by atoms with E-state index in [1.54, 1.807) is 19.2 Å². The molecule has 0 unspecified atom stereocenters. The molecular formula is C24H31N7O2. The minimum absolute atomic E-state index is 0.301. The van der Waals surface area contributed by atoms with Gasteiger partial charge in [-0.05, 0) is 51.2 Å². The van der Waals surface area contributed by atoms with Crippen LogP contribution in [0.4, 0.5) is 5.69 Å². The maximum absolute atomic E-state index is 6.13. The molecule has 0 bridgehead atoms. The number of aromatic nitrogens is 3. The summed E-state index contributed by atoms with van der Waals surface area (Å²) in [6, 6.07) is 5.72. The zero-order chi connectivity index (χ0) is 23.5. The molecule has 2 aromatic heterocycles. The highest BCUT2D eigenvalue weighted by Crippen LogP contribution is 2.31. The standard InChI is InChI=1S/C24H31N7O2/c1-15(26)18(24-28-23-20(27)5-4-6-22(23)33-24)11-16(12-25)19-13-31(29-21(19)14-32-3)17-7-9-30(2)10-8-17/h4-6,11-13,17H,1,7-10,14,25-27H2,2-3H3/b16-12+,18-11+. The van der Waals surface area contributed by atoms with Crippen molar-refractivity contribution in [3.8, 4) is 0 Å². The lowest BCUT2D eigenvalue weighted by Crippen LogP contribution is -2.31. The largest absolute Gasteiger partial charge is 0.436 e. The van der Waals surface area contributed by atoms with Gasteiger partial charge in [0.25, 0.3) is 0 Å². The third-order valence-corrected chi connectivity index (χ3v) is 5.97. The zero-order valence-corrected chi connectivity index (χ0v) is 19.1. The summed E-state index contributed by atoms with van der Waals surface area (Å²) < 4.78 is 13.4. The van der Waals surface area contributed by atoms with E-state index in [4.69, 9.17) is 31.5 Å². The summed E-state index contributed by atoms with van der Waals surface area (Å²) in [5.74, 6) is 0.325. The van der Waals surface area contributed by atoms with Crippen LogP contribution in [0.25, 0.3) is 22.2 Å². The molecule has 0 spiro atoms. The smallest absolute Gasteiger partial charge is 0.229 e. The maximum Gasteiger partial charge on any atom is 0.229 e. The van der Waals surface area contributed by atoms with E-state index in [0.29, 0.717) is 46.6 Å². The Labute approximate surface area is 193 Å². The maximum atomic E-state index is 6.13. The van der Waals surface area contributed by atoms with Gasteiger partial charge in [-0.2, -0.15) is 5.10 Å². The highest BCUT2D eigenvalue weighted by molar-refractivity contribution is 5.91. The van der Waals surface area contributed by atoms with Gasteiger partial charge in [-0.15, -0.1) is 0 Å². The van der Waals surface area contributed by atoms with Crippen molar-refractivity contribution in [1.29, 1.82) is 0 Å². The Hall–Kier alpha value is -3.56. The first-order valence-corrected chi connectivity index (χ1v) is 10.9. The van der Waals surface area contributed by atoms with Crippen molar-refractivity contribution in [2.45, 2.75) is 25.5 Å². The number of hydrogen-bond acceptors (Lipinski definition) is 8. The van der Waals surface area contributed by atoms with Gasteiger partial charge < -0.3 is 31.3 Å². The second-order valence-corrected chi connectivity index (χ2v) is 8.36. The lowest BCUT2D eigenvalue weighted by molar-refractivity contribution is 0.177. The molecule has 9 nitrogen and oxygen atoms in total. The van der Waals surface area contributed by atoms with E-state index >= 15 is 0 Å². The summed E-state index contributed by atoms with van der Waals surface area (Å²) in [5.41, 5.74) is 23.1. The van der Waals surface area contributed by atoms with Crippen molar-refractivity contribution < 1.29 is 9.15 Å². The molecule has 6 N–H and O–H groups in total. The van der Waals surface area contributed by atoms with Gasteiger partial charge in [-0.25, -0.2) is 4.98 Å². The Morgan fingerprint density at radius 2 is 2.09 bits per heavy atom. The fraction of sp³-hybridized carbons (Fsp3) is 0.333. The van der Waals surface area contributed by atoms with Crippen LogP contribution in [0.1, 0.15) is 36.0 Å². The molecule has 174 valence electrons. The Bertz CT molecular complexity index is 1210. The van der Waals surface area contributed by atoms with Crippen molar-refractivity contribution in [3.63, 3.8) is 0 Å². The number of nitrogens with two attached hydrogens (primary N) is 3. The Kier molecular flexibility index (Phi) is 6.52. The average Bonchev–Trinajstić information content (AvgIpc) is 3.41. The number of nitrogen functional groups attached to an aromatic ring is 1. The van der Waals surface area contributed by atoms with E-state index in [-0.39, 0.29) is 0 Å². The van der Waals surface area contributed by atoms with Gasteiger partial charge in [0.15, 0.2) is 5.58 Å². The summed E-state index contributed by atoms with van der Waals surface area (Å²) in [4.78, 5) is 6.87. The van der Waals surface area contributed by atoms with Gasteiger partial charge in [0.2, 0.25) is 5.89 Å². The number of allylic oxidation sites excluding steroid dienone is 3. The molecule has 3 aromatic rings. The summed E-state index contributed by atoms with van der Waals surface area (Å²) >= 11 is 0. The Balaban J connectivity index is 1.74. The third-order valence-electron chi connectivity index (χ3n) is 5.97. The molecule has 0 saturated carbocycles. The summed E-state index contributed by atoms with van der Waals surface area (Å²) in [6.45, 7) is 6.35. The van der Waals surface area contributed by atoms with Crippen LogP contribution in [0.2, 0.25) is 0 Å². The highest BCUT2D eigenvalue weighted by Gasteiger charge is 2.22. The number of likely N-dealkylation sites (tertiary alicyclic amines) is 1. The van der Waals surface area contributed by atoms with Crippen LogP contribution < -0.4 is 17.2 Å². The van der Waals surface area contributed by atoms with Gasteiger partial charge in [0.1, 0.15) is 5.52 Å². The second kappa shape index (κ2) is 9.51. The summed E-state index contributed by atoms with van der Waals surface area (Å²) in [7, 11) is 3.79. The Morgan fingerprint density at radius 3 is 2.73 bits per heavy atom. The number of fused-ring (bicyclic) bond motifs is 1. The van der Waals surface area contributed by atoms with Gasteiger partial charge >= 0.3 is 0 Å². The van der Waals surface area contributed by atoms with Crippen molar-refractivity contribution in [2.75, 3.05) is 33.0 Å². The van der Waals surface area contributed by atoms with Crippen LogP contribution in [0, 0.1) is 0 Å². The number of ether oxygens (including phenoxy) is 1. The van der Waals surface area contributed by atoms with E-state index in [1.807, 2.05) is 23.0 Å². The third kappa shape index (κ3) is 4.64. The lowest BCUT2D eigenvalue weighted by Gasteiger charge is -2.29. The first-order chi connectivity index (χ1) is 15.9. The monoisotopic (exact) mass is 449 g/mol. The van der Waals surface area contributed by atoms with Crippen LogP contribution in [-0.2, 0) is 11.3 Å². The topological polar surface area (TPSA) is 134 Å². The number of anilines is 1. The summed E-state index contributed by atoms with van der Waals surface area (Å²) in [5, 5.41) is 4.83. The molecule has 1 aromatic carbocycles. The Morgan fingerprint density at radius 1 is 1.33 bits per heavy atom. The van der Waals surface area contributed by atoms with Gasteiger partial charge in [-0.1, -0.05) is 12.6 Å². The minimum atomic E-state index is 0.301. The van der Waals surface area contributed by atoms with Gasteiger partial charge in [-0.3, -0.25) is 4.68 Å². The first-order valence-electron chi connectivity index (χ1n) is 10.9. The number of methoxy groups -OCH3 is 1. The molecule has 0 radical (unpaired) electrons. The molecule has 9 heteroatoms. The SMILES string of the molecule is C=C(N)/C(=C\C(=C/N)c1cn(C2CCN(C)CC2)nc1COC)c1nc2c(N)cccc2o1. The minimum Gasteiger partial charge on any atom is -0.436 e. The molecule has 33 heavy (non-hydrogen) atoms. The van der Waals surface area contributed by atoms with Gasteiger partial charge in [0.05, 0.1) is 29.6 Å². The molecule has 1 saturated heterocycles. The van der Waals surface area contributed by atoms with E-state index in [9.17, 15) is 0 Å². The number of hydrogen-bond donors (Lipinski definition) is 3. The molecule has 1 fully saturated rings. The normalized spacial score (nSPS) is 16.5. The molecule has 3 heterocycles. The highest BCUT2D eigenvalue weighted by atomic mass is 16.5. The molecule has 0 amide bonds. The molecule has 0 atom stereocenters. The molecule has 1 aliphatic rings. The molecule has 0 aliphatic carbocycles. The van der Waals surface area contributed by atoms with E-state index in [2.05, 4.69) is 23.5 Å². The predicted octanol–water partition coefficient (Wildman–Crippen LogP) is 2.88. The van der Waals surface area contributed by atoms with Crippen LogP contribution in [0.15, 0.2) is 53.4 Å². The summed E-state index contributed by atoms with van der Waals surface area (Å²) in [6.07, 6.45) is 7.45. The van der Waals surface area contributed by atoms with Crippen LogP contribution in [0.5, 0.6) is 0 Å². The van der Waals surface area contributed by atoms with Crippen molar-refractivity contribution in [1.82, 2.24) is 19.7 Å². The first kappa shape index (κ1) is 22.6. The van der Waals surface area contributed by atoms with Crippen LogP contribution in [-0.4, -0.2) is 46.9 Å². The lowest BCUT2D eigenvalue weighted by atomic mass is 10.0. The molecule has 4 rings (SSSR count). The number of piperidine rings is 1. The number of nitrogens with zero attached hydrogens (tertiary/aromatic N) is 4. The van der Waals surface area contributed by atoms with Crippen LogP contribution >= 0.6 is 0 Å².